The fourth-order valence-electron chi connectivity index (χ4n) is 4.30. The lowest BCUT2D eigenvalue weighted by Crippen LogP contribution is -2.35. The van der Waals surface area contributed by atoms with E-state index < -0.39 is 15.8 Å². The molecule has 0 radical (unpaired) electrons. The predicted octanol–water partition coefficient (Wildman–Crippen LogP) is 6.01. The fourth-order valence-corrected chi connectivity index (χ4v) is 5.99. The third kappa shape index (κ3) is 4.55. The van der Waals surface area contributed by atoms with Gasteiger partial charge < -0.3 is 10.1 Å². The van der Waals surface area contributed by atoms with Crippen LogP contribution >= 0.6 is 0 Å². The number of para-hydroxylation sites is 3. The van der Waals surface area contributed by atoms with Crippen LogP contribution in [0.1, 0.15) is 22.8 Å². The molecule has 0 aromatic heterocycles. The minimum atomic E-state index is -3.89. The third-order valence-electron chi connectivity index (χ3n) is 5.97. The van der Waals surface area contributed by atoms with Crippen molar-refractivity contribution in [2.75, 3.05) is 9.62 Å². The van der Waals surface area contributed by atoms with Gasteiger partial charge in [0.15, 0.2) is 5.75 Å². The van der Waals surface area contributed by atoms with E-state index in [1.54, 1.807) is 43.3 Å². The molecule has 0 aliphatic carbocycles. The number of benzene rings is 4. The lowest BCUT2D eigenvalue weighted by Gasteiger charge is -2.24. The molecule has 36 heavy (non-hydrogen) atoms. The van der Waals surface area contributed by atoms with Gasteiger partial charge in [0.2, 0.25) is 0 Å². The van der Waals surface area contributed by atoms with E-state index >= 15 is 0 Å². The highest BCUT2D eigenvalue weighted by atomic mass is 32.2. The molecule has 0 fully saturated rings. The van der Waals surface area contributed by atoms with Gasteiger partial charge in [-0.05, 0) is 85.6 Å². The predicted molar refractivity (Wildman–Crippen MR) is 137 cm³/mol. The molecule has 0 saturated heterocycles. The van der Waals surface area contributed by atoms with Crippen molar-refractivity contribution < 1.29 is 22.3 Å². The molecular weight excluding hydrogens is 479 g/mol. The number of anilines is 2. The molecule has 1 aliphatic rings. The Morgan fingerprint density at radius 3 is 2.39 bits per heavy atom. The first-order valence-corrected chi connectivity index (χ1v) is 12.8. The lowest BCUT2D eigenvalue weighted by molar-refractivity contribution is 0.102. The number of amides is 1. The smallest absolute Gasteiger partial charge is 0.264 e. The van der Waals surface area contributed by atoms with Gasteiger partial charge in [0.05, 0.1) is 16.3 Å². The van der Waals surface area contributed by atoms with Crippen molar-refractivity contribution in [3.63, 3.8) is 0 Å². The summed E-state index contributed by atoms with van der Waals surface area (Å²) in [4.78, 5) is 13.1. The Hall–Kier alpha value is -4.17. The Morgan fingerprint density at radius 2 is 1.64 bits per heavy atom. The normalized spacial score (nSPS) is 14.8. The van der Waals surface area contributed by atoms with Crippen molar-refractivity contribution in [1.82, 2.24) is 0 Å². The van der Waals surface area contributed by atoms with E-state index in [1.165, 1.54) is 16.4 Å². The summed E-state index contributed by atoms with van der Waals surface area (Å²) in [7, 11) is -3.89. The summed E-state index contributed by atoms with van der Waals surface area (Å²) in [6.45, 7) is 1.80. The molecule has 0 bridgehead atoms. The van der Waals surface area contributed by atoms with Crippen LogP contribution in [-0.2, 0) is 16.4 Å². The number of hydrogen-bond acceptors (Lipinski definition) is 4. The maximum absolute atomic E-state index is 13.3. The number of nitrogens with one attached hydrogen (secondary N) is 1. The lowest BCUT2D eigenvalue weighted by atomic mass is 10.1. The molecule has 8 heteroatoms. The second-order valence-corrected chi connectivity index (χ2v) is 10.3. The number of carbonyl (C=O) groups excluding carboxylic acids is 1. The summed E-state index contributed by atoms with van der Waals surface area (Å²) in [6, 6.07) is 25.8. The van der Waals surface area contributed by atoms with E-state index in [-0.39, 0.29) is 16.8 Å². The number of carbonyl (C=O) groups is 1. The van der Waals surface area contributed by atoms with Gasteiger partial charge in [-0.2, -0.15) is 0 Å². The monoisotopic (exact) mass is 502 g/mol. The molecule has 1 heterocycles. The van der Waals surface area contributed by atoms with Crippen LogP contribution in [0.3, 0.4) is 0 Å². The number of nitrogens with zero attached hydrogens (tertiary/aromatic N) is 1. The maximum atomic E-state index is 13.3. The zero-order valence-electron chi connectivity index (χ0n) is 19.4. The van der Waals surface area contributed by atoms with Crippen molar-refractivity contribution in [2.45, 2.75) is 24.3 Å². The van der Waals surface area contributed by atoms with E-state index in [1.807, 2.05) is 36.4 Å². The molecular formula is C28H23FN2O4S. The summed E-state index contributed by atoms with van der Waals surface area (Å²) in [5, 5.41) is 2.89. The molecule has 1 amide bonds. The van der Waals surface area contributed by atoms with Crippen LogP contribution in [0.4, 0.5) is 15.8 Å². The van der Waals surface area contributed by atoms with Gasteiger partial charge in [0.1, 0.15) is 11.6 Å². The summed E-state index contributed by atoms with van der Waals surface area (Å²) < 4.78 is 47.1. The van der Waals surface area contributed by atoms with Crippen molar-refractivity contribution in [3.8, 4) is 11.5 Å². The van der Waals surface area contributed by atoms with Gasteiger partial charge in [-0.3, -0.25) is 9.10 Å². The number of fused-ring (bicyclic) bond motifs is 1. The topological polar surface area (TPSA) is 75.7 Å². The molecule has 5 rings (SSSR count). The molecule has 4 aromatic rings. The van der Waals surface area contributed by atoms with Gasteiger partial charge in [-0.25, -0.2) is 12.8 Å². The fraction of sp³-hybridized carbons (Fsp3) is 0.107. The van der Waals surface area contributed by atoms with Crippen LogP contribution in [0.5, 0.6) is 11.5 Å². The quantitative estimate of drug-likeness (QED) is 0.350. The maximum Gasteiger partial charge on any atom is 0.264 e. The van der Waals surface area contributed by atoms with E-state index in [0.717, 1.165) is 17.7 Å². The number of ether oxygens (including phenoxy) is 1. The van der Waals surface area contributed by atoms with Crippen molar-refractivity contribution in [2.24, 2.45) is 0 Å². The Kier molecular flexibility index (Phi) is 6.20. The Bertz CT molecular complexity index is 1520. The molecule has 182 valence electrons. The van der Waals surface area contributed by atoms with Gasteiger partial charge >= 0.3 is 0 Å². The average Bonchev–Trinajstić information content (AvgIpc) is 3.21. The van der Waals surface area contributed by atoms with Crippen LogP contribution in [0.2, 0.25) is 0 Å². The third-order valence-corrected chi connectivity index (χ3v) is 7.91. The number of hydrogen-bond donors (Lipinski definition) is 1. The van der Waals surface area contributed by atoms with E-state index in [9.17, 15) is 17.6 Å². The van der Waals surface area contributed by atoms with Crippen LogP contribution in [0.15, 0.2) is 102 Å². The van der Waals surface area contributed by atoms with Crippen LogP contribution in [-0.4, -0.2) is 20.4 Å². The summed E-state index contributed by atoms with van der Waals surface area (Å²) >= 11 is 0. The molecule has 0 spiro atoms. The van der Waals surface area contributed by atoms with E-state index in [2.05, 4.69) is 5.32 Å². The first-order valence-electron chi connectivity index (χ1n) is 11.4. The molecule has 1 atom stereocenters. The summed E-state index contributed by atoms with van der Waals surface area (Å²) in [6.07, 6.45) is 0.449. The standard InChI is InChI=1S/C28H23FN2O4S/c1-19-17-21-18-20(11-16-26(21)31(19)36(33,34)24-14-12-22(29)13-15-24)28(32)30-25-9-5-6-10-27(25)35-23-7-3-2-4-8-23/h2-16,18-19H,17H2,1H3,(H,30,32)/t19-/m0/s1. The molecule has 0 saturated carbocycles. The molecule has 1 aliphatic heterocycles. The van der Waals surface area contributed by atoms with Crippen LogP contribution < -0.4 is 14.4 Å². The van der Waals surface area contributed by atoms with Crippen LogP contribution in [0, 0.1) is 5.82 Å². The Labute approximate surface area is 209 Å². The van der Waals surface area contributed by atoms with Crippen LogP contribution in [0.25, 0.3) is 0 Å². The second kappa shape index (κ2) is 9.47. The number of rotatable bonds is 6. The highest BCUT2D eigenvalue weighted by Crippen LogP contribution is 2.37. The van der Waals surface area contributed by atoms with E-state index in [0.29, 0.717) is 34.9 Å². The van der Waals surface area contributed by atoms with Gasteiger partial charge in [0, 0.05) is 11.6 Å². The number of halogens is 1. The average molecular weight is 503 g/mol. The Morgan fingerprint density at radius 1 is 0.944 bits per heavy atom. The summed E-state index contributed by atoms with van der Waals surface area (Å²) in [5.41, 5.74) is 2.17. The molecule has 6 nitrogen and oxygen atoms in total. The minimum absolute atomic E-state index is 0.0143. The minimum Gasteiger partial charge on any atom is -0.455 e. The zero-order chi connectivity index (χ0) is 25.3. The molecule has 1 N–H and O–H groups in total. The van der Waals surface area contributed by atoms with Gasteiger partial charge in [-0.15, -0.1) is 0 Å². The first kappa shape index (κ1) is 23.6. The highest BCUT2D eigenvalue weighted by molar-refractivity contribution is 7.92. The highest BCUT2D eigenvalue weighted by Gasteiger charge is 2.36. The zero-order valence-corrected chi connectivity index (χ0v) is 20.2. The first-order chi connectivity index (χ1) is 17.3. The van der Waals surface area contributed by atoms with E-state index in [4.69, 9.17) is 4.74 Å². The van der Waals surface area contributed by atoms with Gasteiger partial charge in [-0.1, -0.05) is 30.3 Å². The van der Waals surface area contributed by atoms with Crippen molar-refractivity contribution in [1.29, 1.82) is 0 Å². The van der Waals surface area contributed by atoms with Crippen molar-refractivity contribution >= 4 is 27.3 Å². The molecule has 0 unspecified atom stereocenters. The second-order valence-electron chi connectivity index (χ2n) is 8.52. The Balaban J connectivity index is 1.39. The SMILES string of the molecule is C[C@H]1Cc2cc(C(=O)Nc3ccccc3Oc3ccccc3)ccc2N1S(=O)(=O)c1ccc(F)cc1. The van der Waals surface area contributed by atoms with Gasteiger partial charge in [0.25, 0.3) is 15.9 Å². The van der Waals surface area contributed by atoms with Crippen molar-refractivity contribution in [3.05, 3.63) is 114 Å². The summed E-state index contributed by atoms with van der Waals surface area (Å²) in [5.74, 6) is 0.307. The molecule has 4 aromatic carbocycles. The number of sulfonamides is 1. The largest absolute Gasteiger partial charge is 0.455 e.